The zero-order valence-corrected chi connectivity index (χ0v) is 54.0. The van der Waals surface area contributed by atoms with Crippen molar-refractivity contribution in [1.29, 1.82) is 0 Å². The van der Waals surface area contributed by atoms with Crippen LogP contribution in [-0.4, -0.2) is 148 Å². The van der Waals surface area contributed by atoms with Gasteiger partial charge in [-0.15, -0.1) is 0 Å². The molecule has 22 heteroatoms. The molecule has 2 aliphatic heterocycles. The molecule has 0 bridgehead atoms. The third kappa shape index (κ3) is 25.7. The van der Waals surface area contributed by atoms with Crippen molar-refractivity contribution in [1.82, 2.24) is 5.32 Å². The van der Waals surface area contributed by atoms with E-state index in [1.807, 2.05) is 0 Å². The van der Waals surface area contributed by atoms with E-state index in [1.165, 1.54) is 126 Å². The van der Waals surface area contributed by atoms with Crippen molar-refractivity contribution < 1.29 is 100.0 Å². The number of rotatable bonds is 40. The molecule has 2 aliphatic rings. The third-order valence-electron chi connectivity index (χ3n) is 15.6. The second-order valence-electron chi connectivity index (χ2n) is 23.1. The van der Waals surface area contributed by atoms with Crippen molar-refractivity contribution in [2.45, 2.75) is 243 Å². The summed E-state index contributed by atoms with van der Waals surface area (Å²) < 4.78 is 72.7. The molecule has 3 aromatic carbocycles. The lowest BCUT2D eigenvalue weighted by Gasteiger charge is -2.49. The Balaban J connectivity index is 1.48. The van der Waals surface area contributed by atoms with Crippen LogP contribution in [-0.2, 0) is 85.6 Å². The van der Waals surface area contributed by atoms with E-state index in [2.05, 4.69) is 12.2 Å². The van der Waals surface area contributed by atoms with E-state index < -0.39 is 140 Å². The predicted octanol–water partition coefficient (Wildman–Crippen LogP) is 10.8. The molecule has 3 aromatic rings. The monoisotopic (exact) mass is 1270 g/mol. The molecule has 0 aliphatic carbocycles. The zero-order valence-electron chi connectivity index (χ0n) is 54.0. The molecule has 1 N–H and O–H groups in total. The molecule has 502 valence electrons. The van der Waals surface area contributed by atoms with Gasteiger partial charge < -0.3 is 62.2 Å². The highest BCUT2D eigenvalue weighted by atomic mass is 16.8. The fourth-order valence-corrected chi connectivity index (χ4v) is 11.2. The van der Waals surface area contributed by atoms with E-state index >= 15 is 0 Å². The molecule has 91 heavy (non-hydrogen) atoms. The molecule has 0 spiro atoms. The Labute approximate surface area is 535 Å². The first-order valence-corrected chi connectivity index (χ1v) is 32.2. The lowest BCUT2D eigenvalue weighted by atomic mass is 9.87. The summed E-state index contributed by atoms with van der Waals surface area (Å²) in [7, 11) is 0.982. The van der Waals surface area contributed by atoms with E-state index in [1.54, 1.807) is 54.6 Å². The minimum absolute atomic E-state index is 0.0320. The normalized spacial score (nSPS) is 21.8. The van der Waals surface area contributed by atoms with Crippen LogP contribution in [0.2, 0.25) is 0 Å². The number of carbonyl (C=O) groups is 9. The third-order valence-corrected chi connectivity index (χ3v) is 15.6. The number of methoxy groups -OCH3 is 1. The van der Waals surface area contributed by atoms with Crippen LogP contribution in [0.15, 0.2) is 91.0 Å². The van der Waals surface area contributed by atoms with Gasteiger partial charge in [0, 0.05) is 41.2 Å². The molecule has 11 atom stereocenters. The number of ether oxygens (including phenoxy) is 12. The lowest BCUT2D eigenvalue weighted by molar-refractivity contribution is -0.338. The van der Waals surface area contributed by atoms with Gasteiger partial charge in [-0.05, 0) is 42.8 Å². The van der Waals surface area contributed by atoms with Crippen molar-refractivity contribution in [2.75, 3.05) is 26.9 Å². The average Bonchev–Trinajstić information content (AvgIpc) is 0.919. The molecule has 5 rings (SSSR count). The summed E-state index contributed by atoms with van der Waals surface area (Å²) in [5, 5.41) is 2.62. The van der Waals surface area contributed by atoms with Gasteiger partial charge in [0.05, 0.1) is 42.9 Å². The highest BCUT2D eigenvalue weighted by molar-refractivity contribution is 5.91. The summed E-state index contributed by atoms with van der Waals surface area (Å²) in [6.45, 7) is 5.88. The number of nitrogens with one attached hydrogen (secondary N) is 1. The summed E-state index contributed by atoms with van der Waals surface area (Å²) in [6, 6.07) is 22.1. The molecule has 1 amide bonds. The second kappa shape index (κ2) is 40.6. The van der Waals surface area contributed by atoms with Gasteiger partial charge in [0.2, 0.25) is 5.91 Å². The predicted molar refractivity (Wildman–Crippen MR) is 331 cm³/mol. The summed E-state index contributed by atoms with van der Waals surface area (Å²) in [6.07, 6.45) is 7.28. The van der Waals surface area contributed by atoms with Gasteiger partial charge in [0.15, 0.2) is 36.8 Å². The van der Waals surface area contributed by atoms with Gasteiger partial charge in [-0.2, -0.15) is 0 Å². The first-order chi connectivity index (χ1) is 43.9. The summed E-state index contributed by atoms with van der Waals surface area (Å²) in [5.41, 5.74) is 0.201. The van der Waals surface area contributed by atoms with Crippen LogP contribution < -0.4 is 5.32 Å². The molecule has 0 aromatic heterocycles. The summed E-state index contributed by atoms with van der Waals surface area (Å²) in [4.78, 5) is 122. The molecular weight excluding hydrogens is 1180 g/mol. The van der Waals surface area contributed by atoms with Crippen molar-refractivity contribution in [3.8, 4) is 0 Å². The molecule has 0 saturated carbocycles. The van der Waals surface area contributed by atoms with Gasteiger partial charge in [-0.3, -0.25) is 24.0 Å². The number of esters is 8. The lowest BCUT2D eigenvalue weighted by Crippen LogP contribution is -2.70. The number of hydrogen-bond donors (Lipinski definition) is 1. The van der Waals surface area contributed by atoms with Crippen LogP contribution in [0.5, 0.6) is 0 Å². The van der Waals surface area contributed by atoms with Crippen LogP contribution in [0.25, 0.3) is 0 Å². The molecular formula is C69H95NO21. The van der Waals surface area contributed by atoms with Gasteiger partial charge >= 0.3 is 47.8 Å². The zero-order chi connectivity index (χ0) is 66.0. The number of carbonyl (C=O) groups excluding carboxylic acids is 9. The maximum Gasteiger partial charge on any atom is 0.366 e. The number of unbranched alkanes of at least 4 members (excludes halogenated alkanes) is 19. The van der Waals surface area contributed by atoms with Gasteiger partial charge in [-0.25, -0.2) is 19.2 Å². The second-order valence-corrected chi connectivity index (χ2v) is 23.1. The Morgan fingerprint density at radius 2 is 0.967 bits per heavy atom. The van der Waals surface area contributed by atoms with Gasteiger partial charge in [0.1, 0.15) is 24.9 Å². The van der Waals surface area contributed by atoms with E-state index in [0.29, 0.717) is 6.42 Å². The van der Waals surface area contributed by atoms with Crippen LogP contribution in [0.4, 0.5) is 0 Å². The van der Waals surface area contributed by atoms with E-state index in [0.717, 1.165) is 73.8 Å². The fraction of sp³-hybridized carbons (Fsp3) is 0.609. The van der Waals surface area contributed by atoms with Crippen LogP contribution in [0, 0.1) is 0 Å². The summed E-state index contributed by atoms with van der Waals surface area (Å²) >= 11 is 0. The largest absolute Gasteiger partial charge is 0.465 e. The van der Waals surface area contributed by atoms with Crippen molar-refractivity contribution >= 4 is 53.7 Å². The maximum absolute atomic E-state index is 14.6. The molecule has 2 fully saturated rings. The van der Waals surface area contributed by atoms with Crippen molar-refractivity contribution in [2.24, 2.45) is 0 Å². The topological polar surface area (TPSA) is 276 Å². The van der Waals surface area contributed by atoms with E-state index in [9.17, 15) is 43.2 Å². The first-order valence-electron chi connectivity index (χ1n) is 32.2. The first kappa shape index (κ1) is 74.5. The number of amides is 1. The Hall–Kier alpha value is -7.27. The molecule has 0 unspecified atom stereocenters. The standard InChI is InChI=1S/C69H95NO21/c1-8-9-10-11-12-13-14-15-16-17-18-19-20-21-22-23-24-25-26-36-43-81-67-63(90-66(78)54-41-34-29-35-42-54)62(89-65(77)53-39-32-28-33-40-53)60(88-64(76)52-37-30-27-31-38-52)57(87-67)46-83-69(68(79)80-7)44-55(84-49(4)73)58(70-47(2)71)61(91-69)59(86-51(6)75)56(85-50(5)74)45-82-48(3)72/h27-35,37-42,55-63,67H,8-26,36,43-46H2,1-7H3,(H,70,71)/t55-,56-,57+,58+,59-,60+,61+,62-,63+,67+,69-/m0/s1. The highest BCUT2D eigenvalue weighted by Crippen LogP contribution is 2.39. The Bertz CT molecular complexity index is 2710. The Morgan fingerprint density at radius 1 is 0.527 bits per heavy atom. The molecule has 0 radical (unpaired) electrons. The number of hydrogen-bond acceptors (Lipinski definition) is 21. The van der Waals surface area contributed by atoms with E-state index in [4.69, 9.17) is 56.8 Å². The Morgan fingerprint density at radius 3 is 1.38 bits per heavy atom. The minimum atomic E-state index is -2.79. The molecule has 2 heterocycles. The van der Waals surface area contributed by atoms with Gasteiger partial charge in [0.25, 0.3) is 5.79 Å². The smallest absolute Gasteiger partial charge is 0.366 e. The number of benzene rings is 3. The highest BCUT2D eigenvalue weighted by Gasteiger charge is 2.61. The minimum Gasteiger partial charge on any atom is -0.465 e. The van der Waals surface area contributed by atoms with Crippen LogP contribution in [0.3, 0.4) is 0 Å². The van der Waals surface area contributed by atoms with E-state index in [-0.39, 0.29) is 23.3 Å². The van der Waals surface area contributed by atoms with Crippen molar-refractivity contribution in [3.05, 3.63) is 108 Å². The summed E-state index contributed by atoms with van der Waals surface area (Å²) in [5.74, 6) is -11.3. The van der Waals surface area contributed by atoms with Crippen molar-refractivity contribution in [3.63, 3.8) is 0 Å². The average molecular weight is 1270 g/mol. The quantitative estimate of drug-likeness (QED) is 0.0315. The van der Waals surface area contributed by atoms with Gasteiger partial charge in [-0.1, -0.05) is 184 Å². The van der Waals surface area contributed by atoms with Crippen LogP contribution in [0.1, 0.15) is 207 Å². The Kier molecular flexibility index (Phi) is 33.2. The molecule has 2 saturated heterocycles. The maximum atomic E-state index is 14.6. The fourth-order valence-electron chi connectivity index (χ4n) is 11.2. The SMILES string of the molecule is CCCCCCCCCCCCCCCCCCCCCCO[C@@H]1O[C@H](CO[C@@]2(C(=O)OC)C[C@H](OC(C)=O)[C@@H](NC(C)=O)[C@H]([C@@H](OC(C)=O)[C@H](COC(C)=O)OC(C)=O)O2)[C@@H](OC(=O)c2ccccc2)[C@H](OC(=O)c2ccccc2)[C@H]1OC(=O)c1ccccc1. The molecule has 22 nitrogen and oxygen atoms in total. The van der Waals surface area contributed by atoms with Crippen LogP contribution >= 0.6 is 0 Å².